The van der Waals surface area contributed by atoms with Crippen LogP contribution in [0.2, 0.25) is 0 Å². The first kappa shape index (κ1) is 18.4. The third-order valence-corrected chi connectivity index (χ3v) is 5.24. The van der Waals surface area contributed by atoms with Crippen molar-refractivity contribution in [2.75, 3.05) is 20.7 Å². The number of benzene rings is 1. The topological polar surface area (TPSA) is 45.7 Å². The van der Waals surface area contributed by atoms with E-state index in [4.69, 9.17) is 4.74 Å². The summed E-state index contributed by atoms with van der Waals surface area (Å²) < 4.78 is 5.18. The van der Waals surface area contributed by atoms with E-state index in [1.807, 2.05) is 19.2 Å². The van der Waals surface area contributed by atoms with Crippen molar-refractivity contribution in [2.45, 2.75) is 38.6 Å². The lowest BCUT2D eigenvalue weighted by Gasteiger charge is -2.43. The van der Waals surface area contributed by atoms with Crippen molar-refractivity contribution in [3.8, 4) is 5.75 Å². The summed E-state index contributed by atoms with van der Waals surface area (Å²) >= 11 is 0. The summed E-state index contributed by atoms with van der Waals surface area (Å²) in [6.45, 7) is 1.85. The predicted molar refractivity (Wildman–Crippen MR) is 106 cm³/mol. The summed E-state index contributed by atoms with van der Waals surface area (Å²) in [4.78, 5) is 4.35. The number of nitrogens with one attached hydrogen (secondary N) is 2. The molecule has 1 aromatic carbocycles. The highest BCUT2D eigenvalue weighted by Crippen LogP contribution is 2.56. The first-order valence-corrected chi connectivity index (χ1v) is 8.33. The SMILES string of the molecule is CN=C(NCc1ccc(OC)cc1)NCC1(C2CC2)CCC1.I. The van der Waals surface area contributed by atoms with Gasteiger partial charge in [0.2, 0.25) is 0 Å². The van der Waals surface area contributed by atoms with Crippen molar-refractivity contribution in [2.24, 2.45) is 16.3 Å². The van der Waals surface area contributed by atoms with Gasteiger partial charge in [-0.2, -0.15) is 0 Å². The molecule has 0 saturated heterocycles. The van der Waals surface area contributed by atoms with E-state index in [9.17, 15) is 0 Å². The zero-order valence-corrected chi connectivity index (χ0v) is 16.4. The molecule has 0 heterocycles. The van der Waals surface area contributed by atoms with Crippen LogP contribution in [0.1, 0.15) is 37.7 Å². The summed E-state index contributed by atoms with van der Waals surface area (Å²) in [5.74, 6) is 2.76. The lowest BCUT2D eigenvalue weighted by atomic mass is 9.65. The highest BCUT2D eigenvalue weighted by molar-refractivity contribution is 14.0. The van der Waals surface area contributed by atoms with Crippen LogP contribution in [0.15, 0.2) is 29.3 Å². The molecule has 0 aromatic heterocycles. The molecule has 3 rings (SSSR count). The van der Waals surface area contributed by atoms with E-state index < -0.39 is 0 Å². The van der Waals surface area contributed by atoms with Crippen LogP contribution in [0.4, 0.5) is 0 Å². The Morgan fingerprint density at radius 1 is 1.22 bits per heavy atom. The second-order valence-corrected chi connectivity index (χ2v) is 6.62. The molecule has 0 unspecified atom stereocenters. The van der Waals surface area contributed by atoms with Crippen molar-refractivity contribution in [1.82, 2.24) is 10.6 Å². The Hall–Kier alpha value is -0.980. The molecule has 0 radical (unpaired) electrons. The molecule has 2 saturated carbocycles. The number of nitrogens with zero attached hydrogens (tertiary/aromatic N) is 1. The third kappa shape index (κ3) is 4.52. The highest BCUT2D eigenvalue weighted by Gasteiger charge is 2.48. The van der Waals surface area contributed by atoms with Crippen LogP contribution in [-0.4, -0.2) is 26.7 Å². The summed E-state index contributed by atoms with van der Waals surface area (Å²) in [5, 5.41) is 6.94. The van der Waals surface area contributed by atoms with Crippen molar-refractivity contribution < 1.29 is 4.74 Å². The van der Waals surface area contributed by atoms with Gasteiger partial charge in [0.1, 0.15) is 5.75 Å². The Kier molecular flexibility index (Phi) is 6.56. The monoisotopic (exact) mass is 429 g/mol. The van der Waals surface area contributed by atoms with Crippen molar-refractivity contribution >= 4 is 29.9 Å². The first-order valence-electron chi connectivity index (χ1n) is 8.33. The molecule has 0 spiro atoms. The number of guanidine groups is 1. The largest absolute Gasteiger partial charge is 0.497 e. The lowest BCUT2D eigenvalue weighted by molar-refractivity contribution is 0.106. The van der Waals surface area contributed by atoms with Gasteiger partial charge in [0.25, 0.3) is 0 Å². The molecule has 0 aliphatic heterocycles. The van der Waals surface area contributed by atoms with Crippen molar-refractivity contribution in [3.05, 3.63) is 29.8 Å². The molecular formula is C18H28IN3O. The van der Waals surface area contributed by atoms with E-state index >= 15 is 0 Å². The molecule has 0 atom stereocenters. The molecule has 2 aliphatic carbocycles. The van der Waals surface area contributed by atoms with E-state index in [1.54, 1.807) is 7.11 Å². The summed E-state index contributed by atoms with van der Waals surface area (Å²) in [6, 6.07) is 8.14. The number of aliphatic imine (C=N–C) groups is 1. The standard InChI is InChI=1S/C18H27N3O.HI/c1-19-17(20-12-14-4-8-16(22-2)9-5-14)21-13-18(10-3-11-18)15-6-7-15;/h4-5,8-9,15H,3,6-7,10-13H2,1-2H3,(H2,19,20,21);1H. The van der Waals surface area contributed by atoms with Gasteiger partial charge >= 0.3 is 0 Å². The second kappa shape index (κ2) is 8.22. The predicted octanol–water partition coefficient (Wildman–Crippen LogP) is 3.56. The Morgan fingerprint density at radius 3 is 2.39 bits per heavy atom. The Morgan fingerprint density at radius 2 is 1.91 bits per heavy atom. The fraction of sp³-hybridized carbons (Fsp3) is 0.611. The quantitative estimate of drug-likeness (QED) is 0.413. The van der Waals surface area contributed by atoms with Crippen LogP contribution in [0.3, 0.4) is 0 Å². The molecular weight excluding hydrogens is 401 g/mol. The van der Waals surface area contributed by atoms with Crippen LogP contribution in [-0.2, 0) is 6.54 Å². The van der Waals surface area contributed by atoms with Gasteiger partial charge in [-0.05, 0) is 54.7 Å². The number of hydrogen-bond donors (Lipinski definition) is 2. The Bertz CT molecular complexity index is 522. The molecule has 4 nitrogen and oxygen atoms in total. The minimum atomic E-state index is 0. The van der Waals surface area contributed by atoms with Crippen molar-refractivity contribution in [1.29, 1.82) is 0 Å². The van der Waals surface area contributed by atoms with Gasteiger partial charge in [-0.1, -0.05) is 18.6 Å². The average molecular weight is 429 g/mol. The number of ether oxygens (including phenoxy) is 1. The van der Waals surface area contributed by atoms with E-state index in [1.165, 1.54) is 37.7 Å². The van der Waals surface area contributed by atoms with Gasteiger partial charge in [-0.15, -0.1) is 24.0 Å². The fourth-order valence-electron chi connectivity index (χ4n) is 3.47. The maximum absolute atomic E-state index is 5.18. The molecule has 0 bridgehead atoms. The number of halogens is 1. The Labute approximate surface area is 156 Å². The normalized spacial score (nSPS) is 19.3. The van der Waals surface area contributed by atoms with Crippen molar-refractivity contribution in [3.63, 3.8) is 0 Å². The molecule has 2 N–H and O–H groups in total. The molecule has 2 fully saturated rings. The van der Waals surface area contributed by atoms with E-state index in [0.717, 1.165) is 30.7 Å². The minimum absolute atomic E-state index is 0. The van der Waals surface area contributed by atoms with Gasteiger partial charge in [0.15, 0.2) is 5.96 Å². The van der Waals surface area contributed by atoms with Crippen LogP contribution in [0.25, 0.3) is 0 Å². The van der Waals surface area contributed by atoms with Crippen LogP contribution >= 0.6 is 24.0 Å². The zero-order chi connectivity index (χ0) is 15.4. The highest BCUT2D eigenvalue weighted by atomic mass is 127. The lowest BCUT2D eigenvalue weighted by Crippen LogP contribution is -2.47. The molecule has 23 heavy (non-hydrogen) atoms. The molecule has 5 heteroatoms. The van der Waals surface area contributed by atoms with Gasteiger partial charge in [-0.3, -0.25) is 4.99 Å². The fourth-order valence-corrected chi connectivity index (χ4v) is 3.47. The number of hydrogen-bond acceptors (Lipinski definition) is 2. The number of methoxy groups -OCH3 is 1. The molecule has 1 aromatic rings. The van der Waals surface area contributed by atoms with Gasteiger partial charge in [0, 0.05) is 20.1 Å². The van der Waals surface area contributed by atoms with E-state index in [-0.39, 0.29) is 24.0 Å². The second-order valence-electron chi connectivity index (χ2n) is 6.62. The Balaban J connectivity index is 0.00000192. The maximum Gasteiger partial charge on any atom is 0.191 e. The number of rotatable bonds is 6. The first-order chi connectivity index (χ1) is 10.8. The van der Waals surface area contributed by atoms with Gasteiger partial charge in [-0.25, -0.2) is 0 Å². The zero-order valence-electron chi connectivity index (χ0n) is 14.1. The average Bonchev–Trinajstić information content (AvgIpc) is 3.35. The summed E-state index contributed by atoms with van der Waals surface area (Å²) in [7, 11) is 3.53. The smallest absolute Gasteiger partial charge is 0.191 e. The molecule has 0 amide bonds. The summed E-state index contributed by atoms with van der Waals surface area (Å²) in [6.07, 6.45) is 7.04. The molecule has 2 aliphatic rings. The van der Waals surface area contributed by atoms with Crippen LogP contribution in [0.5, 0.6) is 5.75 Å². The summed E-state index contributed by atoms with van der Waals surface area (Å²) in [5.41, 5.74) is 1.79. The van der Waals surface area contributed by atoms with E-state index in [0.29, 0.717) is 5.41 Å². The van der Waals surface area contributed by atoms with E-state index in [2.05, 4.69) is 27.8 Å². The minimum Gasteiger partial charge on any atom is -0.497 e. The van der Waals surface area contributed by atoms with Crippen LogP contribution < -0.4 is 15.4 Å². The molecule has 128 valence electrons. The van der Waals surface area contributed by atoms with Gasteiger partial charge < -0.3 is 15.4 Å². The maximum atomic E-state index is 5.18. The van der Waals surface area contributed by atoms with Crippen LogP contribution in [0, 0.1) is 11.3 Å². The third-order valence-electron chi connectivity index (χ3n) is 5.24. The van der Waals surface area contributed by atoms with Gasteiger partial charge in [0.05, 0.1) is 7.11 Å².